The molecule has 1 atom stereocenters. The molecule has 0 aromatic carbocycles. The minimum atomic E-state index is 0.525. The maximum Gasteiger partial charge on any atom is 0.126 e. The van der Waals surface area contributed by atoms with Crippen molar-refractivity contribution < 1.29 is 0 Å². The van der Waals surface area contributed by atoms with Gasteiger partial charge in [-0.2, -0.15) is 0 Å². The first-order chi connectivity index (χ1) is 6.84. The molecule has 4 heteroatoms. The summed E-state index contributed by atoms with van der Waals surface area (Å²) in [4.78, 5) is 4.29. The van der Waals surface area contributed by atoms with E-state index in [4.69, 9.17) is 0 Å². The first kappa shape index (κ1) is 9.93. The van der Waals surface area contributed by atoms with Gasteiger partial charge < -0.3 is 10.6 Å². The smallest absolute Gasteiger partial charge is 0.126 e. The van der Waals surface area contributed by atoms with Crippen LogP contribution in [0.3, 0.4) is 0 Å². The van der Waals surface area contributed by atoms with Crippen molar-refractivity contribution in [1.29, 1.82) is 0 Å². The van der Waals surface area contributed by atoms with E-state index in [-0.39, 0.29) is 0 Å². The Morgan fingerprint density at radius 2 is 2.43 bits per heavy atom. The molecule has 3 nitrogen and oxygen atoms in total. The van der Waals surface area contributed by atoms with Crippen LogP contribution in [0.1, 0.15) is 12.8 Å². The Morgan fingerprint density at radius 1 is 1.50 bits per heavy atom. The maximum atomic E-state index is 4.29. The van der Waals surface area contributed by atoms with Crippen LogP contribution in [0.15, 0.2) is 22.8 Å². The van der Waals surface area contributed by atoms with Crippen LogP contribution in [0.2, 0.25) is 0 Å². The Morgan fingerprint density at radius 3 is 3.07 bits per heavy atom. The predicted octanol–water partition coefficient (Wildman–Crippen LogP) is 2.01. The molecule has 1 fully saturated rings. The molecule has 2 heterocycles. The average Bonchev–Trinajstić information content (AvgIpc) is 2.23. The van der Waals surface area contributed by atoms with E-state index in [1.807, 2.05) is 18.3 Å². The Bertz CT molecular complexity index is 280. The van der Waals surface area contributed by atoms with Crippen LogP contribution < -0.4 is 10.6 Å². The summed E-state index contributed by atoms with van der Waals surface area (Å²) in [5, 5.41) is 6.78. The van der Waals surface area contributed by atoms with Gasteiger partial charge in [-0.25, -0.2) is 4.98 Å². The van der Waals surface area contributed by atoms with Crippen LogP contribution >= 0.6 is 15.9 Å². The third-order valence-electron chi connectivity index (χ3n) is 2.38. The Balaban J connectivity index is 1.92. The van der Waals surface area contributed by atoms with E-state index in [1.165, 1.54) is 12.8 Å². The largest absolute Gasteiger partial charge is 0.366 e. The van der Waals surface area contributed by atoms with Crippen molar-refractivity contribution in [3.8, 4) is 0 Å². The minimum absolute atomic E-state index is 0.525. The van der Waals surface area contributed by atoms with Crippen molar-refractivity contribution in [3.05, 3.63) is 22.8 Å². The van der Waals surface area contributed by atoms with E-state index in [9.17, 15) is 0 Å². The summed E-state index contributed by atoms with van der Waals surface area (Å²) in [6.45, 7) is 2.18. The van der Waals surface area contributed by atoms with Crippen molar-refractivity contribution >= 4 is 21.7 Å². The molecule has 76 valence electrons. The normalized spacial score (nSPS) is 21.9. The quantitative estimate of drug-likeness (QED) is 0.849. The lowest BCUT2D eigenvalue weighted by atomic mass is 10.1. The minimum Gasteiger partial charge on any atom is -0.366 e. The second-order valence-electron chi connectivity index (χ2n) is 3.55. The molecule has 1 aromatic rings. The van der Waals surface area contributed by atoms with Crippen LogP contribution in [-0.4, -0.2) is 24.1 Å². The van der Waals surface area contributed by atoms with Gasteiger partial charge in [0.25, 0.3) is 0 Å². The molecule has 0 aliphatic carbocycles. The second kappa shape index (κ2) is 4.75. The molecule has 1 saturated heterocycles. The van der Waals surface area contributed by atoms with Crippen molar-refractivity contribution in [3.63, 3.8) is 0 Å². The molecular weight excluding hydrogens is 242 g/mol. The molecule has 0 amide bonds. The first-order valence-electron chi connectivity index (χ1n) is 4.93. The first-order valence-corrected chi connectivity index (χ1v) is 5.73. The molecular formula is C10H14BrN3. The summed E-state index contributed by atoms with van der Waals surface area (Å²) in [5.41, 5.74) is 0. The van der Waals surface area contributed by atoms with Crippen LogP contribution in [0.25, 0.3) is 0 Å². The number of nitrogens with zero attached hydrogens (tertiary/aromatic N) is 1. The van der Waals surface area contributed by atoms with Gasteiger partial charge in [0.1, 0.15) is 5.82 Å². The summed E-state index contributed by atoms with van der Waals surface area (Å²) < 4.78 is 1.02. The summed E-state index contributed by atoms with van der Waals surface area (Å²) in [6, 6.07) is 4.53. The fourth-order valence-electron chi connectivity index (χ4n) is 1.65. The number of pyridine rings is 1. The van der Waals surface area contributed by atoms with E-state index in [0.717, 1.165) is 23.4 Å². The lowest BCUT2D eigenvalue weighted by Gasteiger charge is -2.24. The summed E-state index contributed by atoms with van der Waals surface area (Å²) >= 11 is 3.37. The monoisotopic (exact) mass is 255 g/mol. The SMILES string of the molecule is Brc1ccc(N[C@H]2CCCNC2)nc1. The number of piperidine rings is 1. The molecule has 1 aromatic heterocycles. The summed E-state index contributed by atoms with van der Waals surface area (Å²) in [6.07, 6.45) is 4.29. The van der Waals surface area contributed by atoms with Gasteiger partial charge in [-0.3, -0.25) is 0 Å². The van der Waals surface area contributed by atoms with Crippen molar-refractivity contribution in [2.45, 2.75) is 18.9 Å². The number of rotatable bonds is 2. The van der Waals surface area contributed by atoms with Gasteiger partial charge in [0.2, 0.25) is 0 Å². The molecule has 0 unspecified atom stereocenters. The molecule has 0 bridgehead atoms. The number of nitrogens with one attached hydrogen (secondary N) is 2. The van der Waals surface area contributed by atoms with E-state index in [1.54, 1.807) is 0 Å². The van der Waals surface area contributed by atoms with Crippen LogP contribution in [0, 0.1) is 0 Å². The van der Waals surface area contributed by atoms with Gasteiger partial charge in [0, 0.05) is 23.3 Å². The predicted molar refractivity (Wildman–Crippen MR) is 61.5 cm³/mol. The highest BCUT2D eigenvalue weighted by Gasteiger charge is 2.12. The van der Waals surface area contributed by atoms with E-state index in [0.29, 0.717) is 6.04 Å². The van der Waals surface area contributed by atoms with Gasteiger partial charge in [0.05, 0.1) is 0 Å². The summed E-state index contributed by atoms with van der Waals surface area (Å²) in [5.74, 6) is 0.960. The molecule has 2 rings (SSSR count). The highest BCUT2D eigenvalue weighted by atomic mass is 79.9. The molecule has 2 N–H and O–H groups in total. The van der Waals surface area contributed by atoms with Crippen molar-refractivity contribution in [1.82, 2.24) is 10.3 Å². The Labute approximate surface area is 92.4 Å². The van der Waals surface area contributed by atoms with E-state index in [2.05, 4.69) is 31.5 Å². The second-order valence-corrected chi connectivity index (χ2v) is 4.46. The Hall–Kier alpha value is -0.610. The van der Waals surface area contributed by atoms with Gasteiger partial charge in [-0.1, -0.05) is 0 Å². The fourth-order valence-corrected chi connectivity index (χ4v) is 1.88. The third-order valence-corrected chi connectivity index (χ3v) is 2.85. The third kappa shape index (κ3) is 2.69. The molecule has 14 heavy (non-hydrogen) atoms. The zero-order valence-corrected chi connectivity index (χ0v) is 9.55. The van der Waals surface area contributed by atoms with E-state index >= 15 is 0 Å². The molecule has 1 aliphatic rings. The van der Waals surface area contributed by atoms with Gasteiger partial charge >= 0.3 is 0 Å². The maximum absolute atomic E-state index is 4.29. The number of hydrogen-bond donors (Lipinski definition) is 2. The van der Waals surface area contributed by atoms with Crippen molar-refractivity contribution in [2.75, 3.05) is 18.4 Å². The van der Waals surface area contributed by atoms with Gasteiger partial charge in [0.15, 0.2) is 0 Å². The van der Waals surface area contributed by atoms with Crippen LogP contribution in [0.5, 0.6) is 0 Å². The molecule has 0 spiro atoms. The summed E-state index contributed by atoms with van der Waals surface area (Å²) in [7, 11) is 0. The highest BCUT2D eigenvalue weighted by molar-refractivity contribution is 9.10. The fraction of sp³-hybridized carbons (Fsp3) is 0.500. The topological polar surface area (TPSA) is 37.0 Å². The van der Waals surface area contributed by atoms with Crippen LogP contribution in [-0.2, 0) is 0 Å². The molecule has 0 radical (unpaired) electrons. The van der Waals surface area contributed by atoms with Gasteiger partial charge in [-0.15, -0.1) is 0 Å². The zero-order chi connectivity index (χ0) is 9.80. The lowest BCUT2D eigenvalue weighted by Crippen LogP contribution is -2.38. The number of halogens is 1. The number of anilines is 1. The molecule has 0 saturated carbocycles. The standard InChI is InChI=1S/C10H14BrN3/c11-8-3-4-10(13-6-8)14-9-2-1-5-12-7-9/h3-4,6,9,12H,1-2,5,7H2,(H,13,14)/t9-/m0/s1. The van der Waals surface area contributed by atoms with Crippen LogP contribution in [0.4, 0.5) is 5.82 Å². The number of hydrogen-bond acceptors (Lipinski definition) is 3. The van der Waals surface area contributed by atoms with E-state index < -0.39 is 0 Å². The van der Waals surface area contributed by atoms with Gasteiger partial charge in [-0.05, 0) is 47.4 Å². The lowest BCUT2D eigenvalue weighted by molar-refractivity contribution is 0.479. The molecule has 1 aliphatic heterocycles. The van der Waals surface area contributed by atoms with Crippen molar-refractivity contribution in [2.24, 2.45) is 0 Å². The highest BCUT2D eigenvalue weighted by Crippen LogP contribution is 2.13. The number of aromatic nitrogens is 1. The average molecular weight is 256 g/mol. The zero-order valence-electron chi connectivity index (χ0n) is 7.96. The Kier molecular flexibility index (Phi) is 3.37.